The van der Waals surface area contributed by atoms with E-state index in [-0.39, 0.29) is 34.7 Å². The van der Waals surface area contributed by atoms with Gasteiger partial charge in [0.15, 0.2) is 23.4 Å². The van der Waals surface area contributed by atoms with Crippen molar-refractivity contribution in [3.05, 3.63) is 116 Å². The largest absolute Gasteiger partial charge is 0.507 e. The Balaban J connectivity index is 0.000000462. The van der Waals surface area contributed by atoms with Crippen LogP contribution in [0.1, 0.15) is 226 Å². The minimum absolute atomic E-state index is 0.0275. The van der Waals surface area contributed by atoms with Crippen molar-refractivity contribution in [2.24, 2.45) is 0 Å². The van der Waals surface area contributed by atoms with Crippen LogP contribution in [-0.4, -0.2) is 60.0 Å². The van der Waals surface area contributed by atoms with E-state index in [1.807, 2.05) is 34.6 Å². The topological polar surface area (TPSA) is 228 Å². The molecule has 3 unspecified atom stereocenters. The summed E-state index contributed by atoms with van der Waals surface area (Å²) in [5.74, 6) is 0.379. The Morgan fingerprint density at radius 2 is 1.07 bits per heavy atom. The summed E-state index contributed by atoms with van der Waals surface area (Å²) in [5.41, 5.74) is 8.56. The fraction of sp³-hybridized carbons (Fsp3) is 0.618. The number of carbonyl (C=O) groups excluding carboxylic acids is 1. The Morgan fingerprint density at radius 3 is 1.59 bits per heavy atom. The number of ether oxygens (including phenoxy) is 2. The molecule has 14 nitrogen and oxygen atoms in total. The molecule has 4 heterocycles. The minimum atomic E-state index is -0.885. The van der Waals surface area contributed by atoms with Crippen molar-refractivity contribution in [2.45, 2.75) is 211 Å². The number of unbranched alkanes of at least 4 members (excludes halogenated alkanes) is 8. The number of aliphatic hydroxyl groups is 3. The van der Waals surface area contributed by atoms with E-state index < -0.39 is 23.9 Å². The van der Waals surface area contributed by atoms with Gasteiger partial charge in [0, 0.05) is 76.5 Å². The van der Waals surface area contributed by atoms with Gasteiger partial charge in [-0.3, -0.25) is 19.2 Å². The molecule has 3 atom stereocenters. The molecular formula is C55H88N4O10. The number of aromatic nitrogens is 4. The van der Waals surface area contributed by atoms with Gasteiger partial charge >= 0.3 is 0 Å². The van der Waals surface area contributed by atoms with E-state index in [0.29, 0.717) is 58.7 Å². The summed E-state index contributed by atoms with van der Waals surface area (Å²) >= 11 is 0. The van der Waals surface area contributed by atoms with E-state index in [4.69, 9.17) is 9.47 Å². The number of aryl methyl sites for hydroxylation is 4. The zero-order valence-electron chi connectivity index (χ0n) is 44.6. The number of hydrogen-bond donors (Lipinski definition) is 7. The van der Waals surface area contributed by atoms with Gasteiger partial charge in [-0.25, -0.2) is 4.98 Å². The van der Waals surface area contributed by atoms with Gasteiger partial charge in [-0.05, 0) is 99.1 Å². The zero-order chi connectivity index (χ0) is 52.4. The van der Waals surface area contributed by atoms with Gasteiger partial charge < -0.3 is 44.9 Å². The Hall–Kier alpha value is -4.89. The predicted octanol–water partition coefficient (Wildman–Crippen LogP) is 11.3. The molecule has 0 bridgehead atoms. The summed E-state index contributed by atoms with van der Waals surface area (Å²) in [7, 11) is 1.57. The fourth-order valence-electron chi connectivity index (χ4n) is 7.48. The second-order valence-corrected chi connectivity index (χ2v) is 18.2. The first-order valence-electron chi connectivity index (χ1n) is 25.1. The van der Waals surface area contributed by atoms with Crippen LogP contribution in [-0.2, 0) is 4.74 Å². The number of Topliss-reactive ketones (excluding diaryl/α,β-unsaturated/α-hetero) is 1. The summed E-state index contributed by atoms with van der Waals surface area (Å²) in [4.78, 5) is 60.3. The summed E-state index contributed by atoms with van der Waals surface area (Å²) < 4.78 is 10.5. The number of nitrogens with one attached hydrogen (secondary N) is 3. The molecular weight excluding hydrogens is 877 g/mol. The van der Waals surface area contributed by atoms with Crippen LogP contribution in [0, 0.1) is 62.3 Å². The molecule has 14 heteroatoms. The summed E-state index contributed by atoms with van der Waals surface area (Å²) in [5, 5.41) is 40.2. The standard InChI is InChI=1S/C16H27NO3.C13H21NO3.C13H21NO2.C13H19NO2/c1-6-7-8-9-14(18)15-12(3)11(2)13(4)17-16(15)20-10-19-5;1-4-5-6-7-10(15)11-12(16)8(2)9(3)14-13(11)17;2*1-4-5-6-7-12(15)11-8-14-10(3)9(2)13(11)16/h14,18H,6-10H2,1-5H3;10,15H,4-7H2,1-3H3,(H2,14,16,17);8,12,15H,4-7H2,1-3H3,(H,14,16);8H,4-7H2,1-3H3,(H,14,16). The Kier molecular flexibility index (Phi) is 29.6. The van der Waals surface area contributed by atoms with E-state index >= 15 is 0 Å². The predicted molar refractivity (Wildman–Crippen MR) is 278 cm³/mol. The van der Waals surface area contributed by atoms with Crippen molar-refractivity contribution in [1.29, 1.82) is 0 Å². The van der Waals surface area contributed by atoms with Gasteiger partial charge in [0.05, 0.1) is 29.4 Å². The summed E-state index contributed by atoms with van der Waals surface area (Å²) in [6.45, 7) is 25.3. The molecule has 0 saturated carbocycles. The number of ketones is 1. The van der Waals surface area contributed by atoms with E-state index in [9.17, 15) is 39.6 Å². The first-order valence-corrected chi connectivity index (χ1v) is 25.1. The van der Waals surface area contributed by atoms with Gasteiger partial charge in [0.1, 0.15) is 5.75 Å². The second kappa shape index (κ2) is 32.8. The number of aliphatic hydroxyl groups excluding tert-OH is 3. The lowest BCUT2D eigenvalue weighted by atomic mass is 9.96. The van der Waals surface area contributed by atoms with Crippen LogP contribution in [0.15, 0.2) is 26.8 Å². The van der Waals surface area contributed by atoms with Crippen LogP contribution in [0.2, 0.25) is 0 Å². The monoisotopic (exact) mass is 965 g/mol. The number of nitrogens with zero attached hydrogens (tertiary/aromatic N) is 1. The van der Waals surface area contributed by atoms with E-state index in [1.54, 1.807) is 47.2 Å². The second-order valence-electron chi connectivity index (χ2n) is 18.2. The Morgan fingerprint density at radius 1 is 0.594 bits per heavy atom. The van der Waals surface area contributed by atoms with Crippen LogP contribution < -0.4 is 21.2 Å². The fourth-order valence-corrected chi connectivity index (χ4v) is 7.48. The molecule has 7 N–H and O–H groups in total. The van der Waals surface area contributed by atoms with Crippen LogP contribution in [0.3, 0.4) is 0 Å². The molecule has 69 heavy (non-hydrogen) atoms. The number of rotatable bonds is 23. The third-order valence-electron chi connectivity index (χ3n) is 12.8. The highest BCUT2D eigenvalue weighted by Crippen LogP contribution is 2.33. The average molecular weight is 965 g/mol. The third-order valence-corrected chi connectivity index (χ3v) is 12.8. The number of pyridine rings is 4. The van der Waals surface area contributed by atoms with E-state index in [0.717, 1.165) is 117 Å². The van der Waals surface area contributed by atoms with Crippen molar-refractivity contribution < 1.29 is 34.7 Å². The van der Waals surface area contributed by atoms with Gasteiger partial charge in [-0.2, -0.15) is 0 Å². The molecule has 0 saturated heterocycles. The van der Waals surface area contributed by atoms with Gasteiger partial charge in [-0.1, -0.05) is 98.3 Å². The molecule has 4 aromatic heterocycles. The molecule has 0 aliphatic carbocycles. The average Bonchev–Trinajstić information content (AvgIpc) is 3.31. The number of H-pyrrole nitrogens is 3. The van der Waals surface area contributed by atoms with Crippen LogP contribution in [0.4, 0.5) is 0 Å². The quantitative estimate of drug-likeness (QED) is 0.0210. The van der Waals surface area contributed by atoms with Gasteiger partial charge in [-0.15, -0.1) is 0 Å². The smallest absolute Gasteiger partial charge is 0.257 e. The highest BCUT2D eigenvalue weighted by molar-refractivity contribution is 5.95. The third kappa shape index (κ3) is 19.8. The van der Waals surface area contributed by atoms with E-state index in [2.05, 4.69) is 47.6 Å². The molecule has 0 fully saturated rings. The van der Waals surface area contributed by atoms with Crippen molar-refractivity contribution in [3.8, 4) is 11.6 Å². The molecule has 0 aliphatic rings. The van der Waals surface area contributed by atoms with Crippen molar-refractivity contribution in [1.82, 2.24) is 19.9 Å². The minimum Gasteiger partial charge on any atom is -0.507 e. The van der Waals surface area contributed by atoms with Gasteiger partial charge in [0.25, 0.3) is 5.56 Å². The summed E-state index contributed by atoms with van der Waals surface area (Å²) in [6, 6.07) is 0. The molecule has 4 rings (SSSR count). The first kappa shape index (κ1) is 62.1. The Bertz CT molecular complexity index is 2350. The van der Waals surface area contributed by atoms with E-state index in [1.165, 1.54) is 0 Å². The number of carbonyl (C=O) groups is 1. The molecule has 0 aliphatic heterocycles. The van der Waals surface area contributed by atoms with Crippen LogP contribution in [0.25, 0.3) is 0 Å². The van der Waals surface area contributed by atoms with Crippen LogP contribution >= 0.6 is 0 Å². The number of methoxy groups -OCH3 is 1. The van der Waals surface area contributed by atoms with Crippen LogP contribution in [0.5, 0.6) is 11.6 Å². The summed E-state index contributed by atoms with van der Waals surface area (Å²) in [6.07, 6.45) is 15.9. The highest BCUT2D eigenvalue weighted by Gasteiger charge is 2.22. The lowest BCUT2D eigenvalue weighted by molar-refractivity contribution is 0.0438. The maximum Gasteiger partial charge on any atom is 0.257 e. The molecule has 0 radical (unpaired) electrons. The maximum absolute atomic E-state index is 11.9. The molecule has 0 spiro atoms. The highest BCUT2D eigenvalue weighted by atomic mass is 16.7. The molecule has 4 aromatic rings. The molecule has 0 amide bonds. The number of aromatic amines is 3. The molecule has 388 valence electrons. The lowest BCUT2D eigenvalue weighted by Crippen LogP contribution is -2.19. The SMILES string of the molecule is CCCCCC(=O)c1c[nH]c(C)c(C)c1=O.CCCCCC(O)c1c(O)c(C)c(C)[nH]c1=O.CCCCCC(O)c1c(OCOC)nc(C)c(C)c1C.CCCCCC(O)c1c[nH]c(C)c(C)c1=O. The zero-order valence-corrected chi connectivity index (χ0v) is 44.6. The van der Waals surface area contributed by atoms with Crippen molar-refractivity contribution in [2.75, 3.05) is 13.9 Å². The normalized spacial score (nSPS) is 12.1. The van der Waals surface area contributed by atoms with Gasteiger partial charge in [0.2, 0.25) is 5.88 Å². The lowest BCUT2D eigenvalue weighted by Gasteiger charge is -2.20. The molecule has 0 aromatic carbocycles. The Labute approximate surface area is 411 Å². The number of aromatic hydroxyl groups is 1. The maximum atomic E-state index is 11.9. The first-order chi connectivity index (χ1) is 32.7. The van der Waals surface area contributed by atoms with Crippen molar-refractivity contribution in [3.63, 3.8) is 0 Å². The number of hydrogen-bond acceptors (Lipinski definition) is 11. The van der Waals surface area contributed by atoms with Crippen molar-refractivity contribution >= 4 is 5.78 Å².